The molecule has 0 bridgehead atoms. The van der Waals surface area contributed by atoms with Crippen LogP contribution in [0.4, 0.5) is 0 Å². The Labute approximate surface area is 97.3 Å². The Hall–Kier alpha value is -0.830. The number of rotatable bonds is 4. The van der Waals surface area contributed by atoms with Crippen LogP contribution in [0.15, 0.2) is 12.5 Å². The minimum absolute atomic E-state index is 0.690. The number of aromatic nitrogens is 2. The van der Waals surface area contributed by atoms with E-state index in [2.05, 4.69) is 21.1 Å². The summed E-state index contributed by atoms with van der Waals surface area (Å²) in [6.07, 6.45) is 11.0. The molecule has 1 aliphatic carbocycles. The van der Waals surface area contributed by atoms with E-state index < -0.39 is 0 Å². The summed E-state index contributed by atoms with van der Waals surface area (Å²) in [7, 11) is 0. The molecule has 1 aromatic rings. The maximum absolute atomic E-state index is 4.33. The first kappa shape index (κ1) is 10.3. The van der Waals surface area contributed by atoms with Crippen LogP contribution < -0.4 is 5.32 Å². The van der Waals surface area contributed by atoms with Crippen molar-refractivity contribution in [3.8, 4) is 0 Å². The highest BCUT2D eigenvalue weighted by atomic mass is 15.1. The Bertz CT molecular complexity index is 335. The Morgan fingerprint density at radius 2 is 2.31 bits per heavy atom. The standard InChI is InChI=1S/C13H21N3/c1-2-12(8-14-6-1)13-9-15-10-16(13)7-5-11-3-4-11/h9-12,14H,1-8H2. The molecule has 2 fully saturated rings. The molecule has 2 aliphatic rings. The van der Waals surface area contributed by atoms with Crippen molar-refractivity contribution in [1.82, 2.24) is 14.9 Å². The van der Waals surface area contributed by atoms with Gasteiger partial charge in [0.15, 0.2) is 0 Å². The normalized spacial score (nSPS) is 25.9. The maximum Gasteiger partial charge on any atom is 0.0948 e. The summed E-state index contributed by atoms with van der Waals surface area (Å²) in [4.78, 5) is 4.33. The molecule has 0 radical (unpaired) electrons. The van der Waals surface area contributed by atoms with Crippen LogP contribution in [0.5, 0.6) is 0 Å². The van der Waals surface area contributed by atoms with Gasteiger partial charge in [-0.05, 0) is 31.7 Å². The molecule has 1 N–H and O–H groups in total. The monoisotopic (exact) mass is 219 g/mol. The van der Waals surface area contributed by atoms with Crippen molar-refractivity contribution < 1.29 is 0 Å². The van der Waals surface area contributed by atoms with Gasteiger partial charge in [0, 0.05) is 30.9 Å². The summed E-state index contributed by atoms with van der Waals surface area (Å²) in [5, 5.41) is 3.49. The van der Waals surface area contributed by atoms with Gasteiger partial charge < -0.3 is 9.88 Å². The summed E-state index contributed by atoms with van der Waals surface area (Å²) in [6.45, 7) is 3.50. The van der Waals surface area contributed by atoms with Gasteiger partial charge in [-0.1, -0.05) is 12.8 Å². The zero-order chi connectivity index (χ0) is 10.8. The first-order chi connectivity index (χ1) is 7.93. The fourth-order valence-electron chi connectivity index (χ4n) is 2.69. The lowest BCUT2D eigenvalue weighted by atomic mass is 9.96. The molecule has 0 spiro atoms. The number of imidazole rings is 1. The first-order valence-corrected chi connectivity index (χ1v) is 6.64. The molecule has 1 saturated heterocycles. The van der Waals surface area contributed by atoms with Gasteiger partial charge in [-0.25, -0.2) is 4.98 Å². The first-order valence-electron chi connectivity index (χ1n) is 6.64. The van der Waals surface area contributed by atoms with Crippen LogP contribution in [-0.4, -0.2) is 22.6 Å². The van der Waals surface area contributed by atoms with Gasteiger partial charge in [0.25, 0.3) is 0 Å². The number of hydrogen-bond donors (Lipinski definition) is 1. The van der Waals surface area contributed by atoms with Gasteiger partial charge in [0.2, 0.25) is 0 Å². The summed E-state index contributed by atoms with van der Waals surface area (Å²) < 4.78 is 2.38. The largest absolute Gasteiger partial charge is 0.334 e. The molecular weight excluding hydrogens is 198 g/mol. The van der Waals surface area contributed by atoms with Gasteiger partial charge in [0.1, 0.15) is 0 Å². The third kappa shape index (κ3) is 2.29. The summed E-state index contributed by atoms with van der Waals surface area (Å²) in [6, 6.07) is 0. The number of nitrogens with zero attached hydrogens (tertiary/aromatic N) is 2. The molecule has 0 aromatic carbocycles. The average molecular weight is 219 g/mol. The Kier molecular flexibility index (Phi) is 2.96. The van der Waals surface area contributed by atoms with Crippen molar-refractivity contribution in [3.63, 3.8) is 0 Å². The van der Waals surface area contributed by atoms with E-state index in [4.69, 9.17) is 0 Å². The van der Waals surface area contributed by atoms with Crippen LogP contribution in [-0.2, 0) is 6.54 Å². The quantitative estimate of drug-likeness (QED) is 0.841. The third-order valence-corrected chi connectivity index (χ3v) is 3.93. The second kappa shape index (κ2) is 4.58. The number of hydrogen-bond acceptors (Lipinski definition) is 2. The van der Waals surface area contributed by atoms with Crippen LogP contribution in [0.2, 0.25) is 0 Å². The van der Waals surface area contributed by atoms with E-state index in [-0.39, 0.29) is 0 Å². The molecule has 1 atom stereocenters. The molecule has 0 amide bonds. The van der Waals surface area contributed by atoms with Crippen molar-refractivity contribution in [2.45, 2.75) is 44.6 Å². The minimum atomic E-state index is 0.690. The highest BCUT2D eigenvalue weighted by Gasteiger charge is 2.22. The SMILES string of the molecule is c1ncn(CCC2CC2)c1C1CCCNC1. The second-order valence-corrected chi connectivity index (χ2v) is 5.29. The second-order valence-electron chi connectivity index (χ2n) is 5.29. The molecule has 16 heavy (non-hydrogen) atoms. The lowest BCUT2D eigenvalue weighted by Crippen LogP contribution is -2.29. The predicted molar refractivity (Wildman–Crippen MR) is 64.4 cm³/mol. The summed E-state index contributed by atoms with van der Waals surface area (Å²) in [5.41, 5.74) is 1.45. The molecule has 1 aliphatic heterocycles. The van der Waals surface area contributed by atoms with Crippen molar-refractivity contribution in [1.29, 1.82) is 0 Å². The molecule has 1 saturated carbocycles. The van der Waals surface area contributed by atoms with Crippen LogP contribution in [0.1, 0.15) is 43.7 Å². The lowest BCUT2D eigenvalue weighted by Gasteiger charge is -2.23. The Morgan fingerprint density at radius 3 is 3.06 bits per heavy atom. The van der Waals surface area contributed by atoms with Gasteiger partial charge in [0.05, 0.1) is 6.33 Å². The van der Waals surface area contributed by atoms with Crippen LogP contribution in [0.3, 0.4) is 0 Å². The van der Waals surface area contributed by atoms with Gasteiger partial charge in [-0.15, -0.1) is 0 Å². The molecule has 3 nitrogen and oxygen atoms in total. The Balaban J connectivity index is 1.65. The van der Waals surface area contributed by atoms with Crippen LogP contribution >= 0.6 is 0 Å². The van der Waals surface area contributed by atoms with Crippen molar-refractivity contribution in [2.75, 3.05) is 13.1 Å². The van der Waals surface area contributed by atoms with Gasteiger partial charge >= 0.3 is 0 Å². The van der Waals surface area contributed by atoms with E-state index in [9.17, 15) is 0 Å². The van der Waals surface area contributed by atoms with Crippen molar-refractivity contribution in [3.05, 3.63) is 18.2 Å². The van der Waals surface area contributed by atoms with E-state index in [1.54, 1.807) is 0 Å². The lowest BCUT2D eigenvalue weighted by molar-refractivity contribution is 0.436. The maximum atomic E-state index is 4.33. The summed E-state index contributed by atoms with van der Waals surface area (Å²) >= 11 is 0. The summed E-state index contributed by atoms with van der Waals surface area (Å²) in [5.74, 6) is 1.70. The minimum Gasteiger partial charge on any atom is -0.334 e. The number of nitrogens with one attached hydrogen (secondary N) is 1. The van der Waals surface area contributed by atoms with Crippen molar-refractivity contribution in [2.24, 2.45) is 5.92 Å². The van der Waals surface area contributed by atoms with E-state index in [1.165, 1.54) is 50.9 Å². The van der Waals surface area contributed by atoms with E-state index >= 15 is 0 Å². The predicted octanol–water partition coefficient (Wildman–Crippen LogP) is 2.15. The zero-order valence-corrected chi connectivity index (χ0v) is 9.86. The molecule has 3 rings (SSSR count). The van der Waals surface area contributed by atoms with E-state index in [1.807, 2.05) is 6.33 Å². The van der Waals surface area contributed by atoms with Crippen molar-refractivity contribution >= 4 is 0 Å². The molecule has 2 heterocycles. The van der Waals surface area contributed by atoms with E-state index in [0.717, 1.165) is 12.5 Å². The fraction of sp³-hybridized carbons (Fsp3) is 0.769. The third-order valence-electron chi connectivity index (χ3n) is 3.93. The highest BCUT2D eigenvalue weighted by Crippen LogP contribution is 2.33. The molecular formula is C13H21N3. The van der Waals surface area contributed by atoms with Crippen LogP contribution in [0, 0.1) is 5.92 Å². The zero-order valence-electron chi connectivity index (χ0n) is 9.86. The topological polar surface area (TPSA) is 29.9 Å². The van der Waals surface area contributed by atoms with Gasteiger partial charge in [-0.3, -0.25) is 0 Å². The van der Waals surface area contributed by atoms with Gasteiger partial charge in [-0.2, -0.15) is 0 Å². The smallest absolute Gasteiger partial charge is 0.0948 e. The number of piperidine rings is 1. The molecule has 1 unspecified atom stereocenters. The molecule has 88 valence electrons. The molecule has 1 aromatic heterocycles. The Morgan fingerprint density at radius 1 is 1.38 bits per heavy atom. The molecule has 3 heteroatoms. The fourth-order valence-corrected chi connectivity index (χ4v) is 2.69. The average Bonchev–Trinajstić information content (AvgIpc) is 3.05. The number of aryl methyl sites for hydroxylation is 1. The highest BCUT2D eigenvalue weighted by molar-refractivity contribution is 5.08. The van der Waals surface area contributed by atoms with E-state index in [0.29, 0.717) is 5.92 Å². The van der Waals surface area contributed by atoms with Crippen LogP contribution in [0.25, 0.3) is 0 Å².